The van der Waals surface area contributed by atoms with Gasteiger partial charge in [-0.25, -0.2) is 13.4 Å². The predicted molar refractivity (Wildman–Crippen MR) is 106 cm³/mol. The van der Waals surface area contributed by atoms with Crippen LogP contribution < -0.4 is 4.72 Å². The van der Waals surface area contributed by atoms with E-state index in [9.17, 15) is 8.42 Å². The van der Waals surface area contributed by atoms with Crippen LogP contribution in [-0.2, 0) is 10.0 Å². The summed E-state index contributed by atoms with van der Waals surface area (Å²) in [5, 5.41) is 0. The Morgan fingerprint density at radius 2 is 1.59 bits per heavy atom. The van der Waals surface area contributed by atoms with Crippen molar-refractivity contribution in [2.75, 3.05) is 4.72 Å². The summed E-state index contributed by atoms with van der Waals surface area (Å²) in [5.74, 6) is 0.376. The summed E-state index contributed by atoms with van der Waals surface area (Å²) in [4.78, 5) is 4.70. The molecule has 0 bridgehead atoms. The lowest BCUT2D eigenvalue weighted by Crippen LogP contribution is -2.13. The van der Waals surface area contributed by atoms with Crippen LogP contribution >= 0.6 is 0 Å². The normalized spacial score (nSPS) is 11.6. The van der Waals surface area contributed by atoms with Crippen molar-refractivity contribution < 1.29 is 12.8 Å². The molecular weight excluding hydrogens is 360 g/mol. The Bertz CT molecular complexity index is 1190. The first-order valence-corrected chi connectivity index (χ1v) is 9.97. The number of nitrogens with zero attached hydrogens (tertiary/aromatic N) is 1. The minimum atomic E-state index is -3.72. The zero-order valence-corrected chi connectivity index (χ0v) is 15.7. The number of aromatic nitrogens is 1. The summed E-state index contributed by atoms with van der Waals surface area (Å²) in [7, 11) is -3.72. The summed E-state index contributed by atoms with van der Waals surface area (Å²) in [6, 6.07) is 19.6. The maximum atomic E-state index is 12.8. The van der Waals surface area contributed by atoms with Gasteiger partial charge < -0.3 is 4.42 Å². The molecule has 0 aliphatic heterocycles. The monoisotopic (exact) mass is 378 g/mol. The lowest BCUT2D eigenvalue weighted by Gasteiger charge is -2.12. The van der Waals surface area contributed by atoms with Gasteiger partial charge in [-0.1, -0.05) is 41.5 Å². The lowest BCUT2D eigenvalue weighted by atomic mass is 10.1. The Labute approximate surface area is 157 Å². The maximum Gasteiger partial charge on any atom is 0.261 e. The van der Waals surface area contributed by atoms with Crippen molar-refractivity contribution in [3.05, 3.63) is 77.9 Å². The minimum absolute atomic E-state index is 0.206. The minimum Gasteiger partial charge on any atom is -0.436 e. The number of fused-ring (bicyclic) bond motifs is 1. The molecule has 4 aromatic rings. The molecule has 1 heterocycles. The van der Waals surface area contributed by atoms with Crippen molar-refractivity contribution in [2.45, 2.75) is 18.7 Å². The molecule has 0 amide bonds. The highest BCUT2D eigenvalue weighted by Gasteiger charge is 2.19. The molecule has 0 unspecified atom stereocenters. The van der Waals surface area contributed by atoms with Crippen LogP contribution in [0, 0.1) is 13.8 Å². The molecule has 1 N–H and O–H groups in total. The van der Waals surface area contributed by atoms with Crippen LogP contribution in [-0.4, -0.2) is 13.4 Å². The number of rotatable bonds is 4. The largest absolute Gasteiger partial charge is 0.436 e. The van der Waals surface area contributed by atoms with Crippen molar-refractivity contribution in [1.82, 2.24) is 4.98 Å². The third-order valence-electron chi connectivity index (χ3n) is 4.27. The van der Waals surface area contributed by atoms with Gasteiger partial charge in [-0.2, -0.15) is 0 Å². The Hall–Kier alpha value is -3.12. The van der Waals surface area contributed by atoms with Gasteiger partial charge in [0.25, 0.3) is 10.0 Å². The van der Waals surface area contributed by atoms with Gasteiger partial charge in [0.2, 0.25) is 5.89 Å². The molecule has 4 rings (SSSR count). The predicted octanol–water partition coefficient (Wildman–Crippen LogP) is 4.91. The van der Waals surface area contributed by atoms with E-state index in [0.717, 1.165) is 16.6 Å². The smallest absolute Gasteiger partial charge is 0.261 e. The SMILES string of the molecule is Cc1ccc(S(=O)(=O)Nc2ccc(C)cc2-c2nc3ccccc3o2)cc1. The van der Waals surface area contributed by atoms with Gasteiger partial charge in [0.15, 0.2) is 5.58 Å². The second kappa shape index (κ2) is 6.55. The van der Waals surface area contributed by atoms with Gasteiger partial charge in [0.05, 0.1) is 16.1 Å². The van der Waals surface area contributed by atoms with E-state index in [4.69, 9.17) is 4.42 Å². The molecule has 0 fully saturated rings. The first-order chi connectivity index (χ1) is 12.9. The molecular formula is C21H18N2O3S. The third-order valence-corrected chi connectivity index (χ3v) is 5.66. The number of benzene rings is 3. The molecule has 0 radical (unpaired) electrons. The average molecular weight is 378 g/mol. The molecule has 0 atom stereocenters. The van der Waals surface area contributed by atoms with Crippen LogP contribution in [0.25, 0.3) is 22.6 Å². The standard InChI is InChI=1S/C21H18N2O3S/c1-14-7-10-16(11-8-14)27(24,25)23-18-12-9-15(2)13-17(18)21-22-19-5-3-4-6-20(19)26-21/h3-13,23H,1-2H3. The number of sulfonamides is 1. The molecule has 27 heavy (non-hydrogen) atoms. The van der Waals surface area contributed by atoms with Gasteiger partial charge in [-0.05, 0) is 50.2 Å². The molecule has 0 aliphatic carbocycles. The summed E-state index contributed by atoms with van der Waals surface area (Å²) in [6.45, 7) is 3.85. The van der Waals surface area contributed by atoms with Crippen molar-refractivity contribution in [2.24, 2.45) is 0 Å². The third kappa shape index (κ3) is 3.44. The second-order valence-electron chi connectivity index (χ2n) is 6.45. The topological polar surface area (TPSA) is 72.2 Å². The molecule has 6 heteroatoms. The Balaban J connectivity index is 1.78. The molecule has 0 saturated heterocycles. The quantitative estimate of drug-likeness (QED) is 0.547. The van der Waals surface area contributed by atoms with Crippen LogP contribution in [0.15, 0.2) is 76.0 Å². The fraction of sp³-hybridized carbons (Fsp3) is 0.0952. The van der Waals surface area contributed by atoms with Crippen LogP contribution in [0.3, 0.4) is 0 Å². The summed E-state index contributed by atoms with van der Waals surface area (Å²) in [6.07, 6.45) is 0. The molecule has 0 aliphatic rings. The van der Waals surface area contributed by atoms with Gasteiger partial charge in [0, 0.05) is 0 Å². The van der Waals surface area contributed by atoms with Gasteiger partial charge in [-0.3, -0.25) is 4.72 Å². The number of anilines is 1. The number of para-hydroxylation sites is 2. The fourth-order valence-electron chi connectivity index (χ4n) is 2.83. The first-order valence-electron chi connectivity index (χ1n) is 8.48. The molecule has 1 aromatic heterocycles. The summed E-state index contributed by atoms with van der Waals surface area (Å²) in [5.41, 5.74) is 4.37. The summed E-state index contributed by atoms with van der Waals surface area (Å²) < 4.78 is 34.1. The van der Waals surface area contributed by atoms with E-state index in [2.05, 4.69) is 9.71 Å². The highest BCUT2D eigenvalue weighted by Crippen LogP contribution is 2.32. The molecule has 0 saturated carbocycles. The van der Waals surface area contributed by atoms with Crippen molar-refractivity contribution in [1.29, 1.82) is 0 Å². The lowest BCUT2D eigenvalue weighted by molar-refractivity contribution is 0.601. The molecule has 0 spiro atoms. The highest BCUT2D eigenvalue weighted by molar-refractivity contribution is 7.92. The second-order valence-corrected chi connectivity index (χ2v) is 8.14. The van der Waals surface area contributed by atoms with Crippen molar-refractivity contribution >= 4 is 26.8 Å². The van der Waals surface area contributed by atoms with Crippen LogP contribution in [0.4, 0.5) is 5.69 Å². The van der Waals surface area contributed by atoms with Crippen LogP contribution in [0.1, 0.15) is 11.1 Å². The average Bonchev–Trinajstić information content (AvgIpc) is 3.07. The zero-order valence-electron chi connectivity index (χ0n) is 14.9. The number of nitrogens with one attached hydrogen (secondary N) is 1. The van der Waals surface area contributed by atoms with E-state index in [1.54, 1.807) is 30.3 Å². The van der Waals surface area contributed by atoms with E-state index < -0.39 is 10.0 Å². The van der Waals surface area contributed by atoms with E-state index in [0.29, 0.717) is 22.7 Å². The van der Waals surface area contributed by atoms with E-state index in [-0.39, 0.29) is 4.90 Å². The van der Waals surface area contributed by atoms with E-state index in [1.807, 2.05) is 50.2 Å². The van der Waals surface area contributed by atoms with E-state index in [1.165, 1.54) is 0 Å². The van der Waals surface area contributed by atoms with E-state index >= 15 is 0 Å². The Kier molecular flexibility index (Phi) is 4.20. The summed E-state index contributed by atoms with van der Waals surface area (Å²) >= 11 is 0. The van der Waals surface area contributed by atoms with Gasteiger partial charge in [-0.15, -0.1) is 0 Å². The first kappa shape index (κ1) is 17.3. The number of hydrogen-bond acceptors (Lipinski definition) is 4. The van der Waals surface area contributed by atoms with Crippen LogP contribution in [0.2, 0.25) is 0 Å². The number of hydrogen-bond donors (Lipinski definition) is 1. The fourth-order valence-corrected chi connectivity index (χ4v) is 3.91. The molecule has 3 aromatic carbocycles. The highest BCUT2D eigenvalue weighted by atomic mass is 32.2. The number of oxazole rings is 1. The molecule has 136 valence electrons. The van der Waals surface area contributed by atoms with Crippen molar-refractivity contribution in [3.63, 3.8) is 0 Å². The van der Waals surface area contributed by atoms with Gasteiger partial charge in [0.1, 0.15) is 5.52 Å². The van der Waals surface area contributed by atoms with Crippen LogP contribution in [0.5, 0.6) is 0 Å². The van der Waals surface area contributed by atoms with Gasteiger partial charge >= 0.3 is 0 Å². The van der Waals surface area contributed by atoms with Crippen molar-refractivity contribution in [3.8, 4) is 11.5 Å². The Morgan fingerprint density at radius 3 is 2.33 bits per heavy atom. The zero-order chi connectivity index (χ0) is 19.0. The maximum absolute atomic E-state index is 12.8. The molecule has 5 nitrogen and oxygen atoms in total. The Morgan fingerprint density at radius 1 is 0.889 bits per heavy atom. The number of aryl methyl sites for hydroxylation is 2.